The van der Waals surface area contributed by atoms with Gasteiger partial charge in [-0.1, -0.05) is 47.5 Å². The summed E-state index contributed by atoms with van der Waals surface area (Å²) in [6, 6.07) is 0. The molecule has 1 N–H and O–H groups in total. The minimum Gasteiger partial charge on any atom is -0.385 e. The molecule has 0 aliphatic rings. The lowest BCUT2D eigenvalue weighted by Crippen LogP contribution is -2.30. The van der Waals surface area contributed by atoms with Gasteiger partial charge in [0.25, 0.3) is 0 Å². The molecule has 3 nitrogen and oxygen atoms in total. The third-order valence-electron chi connectivity index (χ3n) is 3.47. The highest BCUT2D eigenvalue weighted by atomic mass is 32.1. The zero-order valence-electron chi connectivity index (χ0n) is 12.6. The minimum absolute atomic E-state index is 0.00574. The van der Waals surface area contributed by atoms with Crippen LogP contribution in [0.15, 0.2) is 5.38 Å². The van der Waals surface area contributed by atoms with Crippen LogP contribution in [-0.2, 0) is 16.6 Å². The fourth-order valence-corrected chi connectivity index (χ4v) is 3.02. The third kappa shape index (κ3) is 4.39. The Morgan fingerprint density at radius 3 is 2.37 bits per heavy atom. The second-order valence-corrected chi connectivity index (χ2v) is 6.98. The van der Waals surface area contributed by atoms with Gasteiger partial charge in [-0.3, -0.25) is 4.79 Å². The van der Waals surface area contributed by atoms with Crippen LogP contribution >= 0.6 is 11.3 Å². The quantitative estimate of drug-likeness (QED) is 0.871. The number of hydrogen-bond acceptors (Lipinski definition) is 4. The molecular formula is C15H25NO2S. The second-order valence-electron chi connectivity index (χ2n) is 6.04. The zero-order chi connectivity index (χ0) is 14.6. The standard InChI is InChI=1S/C15H25NO2S/c1-6-10(7-2)14(18)11(17)8-13-16-12(9-19-13)15(3,4)5/h9-10,14,18H,6-8H2,1-5H3. The van der Waals surface area contributed by atoms with Crippen molar-refractivity contribution >= 4 is 17.1 Å². The Morgan fingerprint density at radius 2 is 1.95 bits per heavy atom. The lowest BCUT2D eigenvalue weighted by molar-refractivity contribution is -0.129. The van der Waals surface area contributed by atoms with Crippen LogP contribution in [0.5, 0.6) is 0 Å². The molecule has 0 bridgehead atoms. The second kappa shape index (κ2) is 6.62. The van der Waals surface area contributed by atoms with E-state index in [-0.39, 0.29) is 23.5 Å². The summed E-state index contributed by atoms with van der Waals surface area (Å²) in [5.74, 6) is -0.0435. The summed E-state index contributed by atoms with van der Waals surface area (Å²) in [5.41, 5.74) is 1.02. The monoisotopic (exact) mass is 283 g/mol. The topological polar surface area (TPSA) is 50.2 Å². The Labute approximate surface area is 120 Å². The van der Waals surface area contributed by atoms with E-state index in [0.717, 1.165) is 23.5 Å². The summed E-state index contributed by atoms with van der Waals surface area (Å²) in [6.45, 7) is 10.3. The molecule has 1 rings (SSSR count). The smallest absolute Gasteiger partial charge is 0.168 e. The zero-order valence-corrected chi connectivity index (χ0v) is 13.4. The largest absolute Gasteiger partial charge is 0.385 e. The van der Waals surface area contributed by atoms with Crippen molar-refractivity contribution in [2.45, 2.75) is 65.4 Å². The van der Waals surface area contributed by atoms with Gasteiger partial charge in [0.05, 0.1) is 12.1 Å². The van der Waals surface area contributed by atoms with Crippen molar-refractivity contribution < 1.29 is 9.90 Å². The van der Waals surface area contributed by atoms with Crippen LogP contribution in [-0.4, -0.2) is 22.0 Å². The van der Waals surface area contributed by atoms with Crippen LogP contribution < -0.4 is 0 Å². The Balaban J connectivity index is 2.69. The number of carbonyl (C=O) groups is 1. The molecule has 0 saturated carbocycles. The summed E-state index contributed by atoms with van der Waals surface area (Å²) in [5, 5.41) is 12.8. The lowest BCUT2D eigenvalue weighted by atomic mass is 9.92. The molecular weight excluding hydrogens is 258 g/mol. The van der Waals surface area contributed by atoms with Gasteiger partial charge in [0.1, 0.15) is 11.1 Å². The van der Waals surface area contributed by atoms with Gasteiger partial charge in [0, 0.05) is 10.8 Å². The van der Waals surface area contributed by atoms with E-state index < -0.39 is 6.10 Å². The lowest BCUT2D eigenvalue weighted by Gasteiger charge is -2.18. The van der Waals surface area contributed by atoms with E-state index in [1.54, 1.807) is 0 Å². The van der Waals surface area contributed by atoms with Crippen molar-refractivity contribution in [1.82, 2.24) is 4.98 Å². The Kier molecular flexibility index (Phi) is 5.68. The normalized spacial score (nSPS) is 13.8. The van der Waals surface area contributed by atoms with Crippen molar-refractivity contribution in [3.8, 4) is 0 Å². The first-order chi connectivity index (χ1) is 8.79. The van der Waals surface area contributed by atoms with Gasteiger partial charge in [-0.15, -0.1) is 11.3 Å². The highest BCUT2D eigenvalue weighted by Crippen LogP contribution is 2.24. The number of rotatable bonds is 6. The fraction of sp³-hybridized carbons (Fsp3) is 0.733. The average molecular weight is 283 g/mol. The molecule has 1 aromatic rings. The predicted octanol–water partition coefficient (Wildman–Crippen LogP) is 3.35. The number of Topliss-reactive ketones (excluding diaryl/α,β-unsaturated/α-hetero) is 1. The first-order valence-corrected chi connectivity index (χ1v) is 7.83. The van der Waals surface area contributed by atoms with Crippen LogP contribution in [0.25, 0.3) is 0 Å². The van der Waals surface area contributed by atoms with Crippen LogP contribution in [0.2, 0.25) is 0 Å². The SMILES string of the molecule is CCC(CC)C(O)C(=O)Cc1nc(C(C)(C)C)cs1. The van der Waals surface area contributed by atoms with Gasteiger partial charge >= 0.3 is 0 Å². The highest BCUT2D eigenvalue weighted by Gasteiger charge is 2.25. The fourth-order valence-electron chi connectivity index (χ4n) is 1.99. The van der Waals surface area contributed by atoms with E-state index in [4.69, 9.17) is 0 Å². The molecule has 1 aromatic heterocycles. The third-order valence-corrected chi connectivity index (χ3v) is 4.32. The molecule has 0 aliphatic carbocycles. The molecule has 0 saturated heterocycles. The highest BCUT2D eigenvalue weighted by molar-refractivity contribution is 7.09. The molecule has 19 heavy (non-hydrogen) atoms. The number of thiazole rings is 1. The minimum atomic E-state index is -0.850. The molecule has 1 unspecified atom stereocenters. The molecule has 108 valence electrons. The summed E-state index contributed by atoms with van der Waals surface area (Å²) >= 11 is 1.51. The Hall–Kier alpha value is -0.740. The van der Waals surface area contributed by atoms with E-state index in [9.17, 15) is 9.90 Å². The number of nitrogens with zero attached hydrogens (tertiary/aromatic N) is 1. The first kappa shape index (κ1) is 16.3. The summed E-state index contributed by atoms with van der Waals surface area (Å²) in [4.78, 5) is 16.5. The molecule has 0 amide bonds. The molecule has 4 heteroatoms. The van der Waals surface area contributed by atoms with Gasteiger partial charge in [0.2, 0.25) is 0 Å². The van der Waals surface area contributed by atoms with Gasteiger partial charge in [-0.25, -0.2) is 4.98 Å². The average Bonchev–Trinajstić information content (AvgIpc) is 2.78. The van der Waals surface area contributed by atoms with Gasteiger partial charge < -0.3 is 5.11 Å². The molecule has 0 radical (unpaired) electrons. The van der Waals surface area contributed by atoms with E-state index in [1.807, 2.05) is 19.2 Å². The van der Waals surface area contributed by atoms with Crippen molar-refractivity contribution in [3.63, 3.8) is 0 Å². The van der Waals surface area contributed by atoms with Crippen LogP contribution in [0, 0.1) is 5.92 Å². The summed E-state index contributed by atoms with van der Waals surface area (Å²) in [7, 11) is 0. The van der Waals surface area contributed by atoms with E-state index in [0.29, 0.717) is 0 Å². The molecule has 0 aliphatic heterocycles. The molecule has 0 fully saturated rings. The Morgan fingerprint density at radius 1 is 1.37 bits per heavy atom. The van der Waals surface area contributed by atoms with E-state index >= 15 is 0 Å². The number of aliphatic hydroxyl groups is 1. The van der Waals surface area contributed by atoms with Crippen LogP contribution in [0.4, 0.5) is 0 Å². The first-order valence-electron chi connectivity index (χ1n) is 6.95. The number of ketones is 1. The van der Waals surface area contributed by atoms with Gasteiger partial charge in [0.15, 0.2) is 5.78 Å². The van der Waals surface area contributed by atoms with Crippen LogP contribution in [0.3, 0.4) is 0 Å². The van der Waals surface area contributed by atoms with Crippen LogP contribution in [0.1, 0.15) is 58.2 Å². The van der Waals surface area contributed by atoms with E-state index in [1.165, 1.54) is 11.3 Å². The van der Waals surface area contributed by atoms with Crippen molar-refractivity contribution in [3.05, 3.63) is 16.1 Å². The number of aliphatic hydroxyl groups excluding tert-OH is 1. The molecule has 0 spiro atoms. The number of carbonyl (C=O) groups excluding carboxylic acids is 1. The number of hydrogen-bond donors (Lipinski definition) is 1. The maximum Gasteiger partial charge on any atom is 0.168 e. The maximum absolute atomic E-state index is 12.0. The van der Waals surface area contributed by atoms with Crippen molar-refractivity contribution in [2.75, 3.05) is 0 Å². The summed E-state index contributed by atoms with van der Waals surface area (Å²) in [6.07, 6.45) is 1.05. The molecule has 1 atom stereocenters. The molecule has 0 aromatic carbocycles. The number of aromatic nitrogens is 1. The Bertz CT molecular complexity index is 416. The van der Waals surface area contributed by atoms with Crippen molar-refractivity contribution in [1.29, 1.82) is 0 Å². The summed E-state index contributed by atoms with van der Waals surface area (Å²) < 4.78 is 0. The van der Waals surface area contributed by atoms with Gasteiger partial charge in [-0.2, -0.15) is 0 Å². The van der Waals surface area contributed by atoms with Crippen molar-refractivity contribution in [2.24, 2.45) is 5.92 Å². The predicted molar refractivity (Wildman–Crippen MR) is 79.6 cm³/mol. The van der Waals surface area contributed by atoms with Gasteiger partial charge in [-0.05, 0) is 5.92 Å². The molecule has 1 heterocycles. The maximum atomic E-state index is 12.0. The van der Waals surface area contributed by atoms with E-state index in [2.05, 4.69) is 25.8 Å².